The maximum absolute atomic E-state index is 6.28. The van der Waals surface area contributed by atoms with Gasteiger partial charge in [0.25, 0.3) is 0 Å². The summed E-state index contributed by atoms with van der Waals surface area (Å²) in [6.45, 7) is 0.749. The van der Waals surface area contributed by atoms with E-state index in [9.17, 15) is 0 Å². The van der Waals surface area contributed by atoms with Crippen LogP contribution in [-0.4, -0.2) is 14.2 Å². The van der Waals surface area contributed by atoms with Crippen molar-refractivity contribution in [3.63, 3.8) is 0 Å². The molecule has 1 atom stereocenters. The molecule has 4 heteroatoms. The summed E-state index contributed by atoms with van der Waals surface area (Å²) in [4.78, 5) is 0. The second-order valence-electron chi connectivity index (χ2n) is 5.84. The molecule has 1 aliphatic rings. The lowest BCUT2D eigenvalue weighted by Crippen LogP contribution is -2.24. The normalized spacial score (nSPS) is 16.7. The monoisotopic (exact) mass is 331 g/mol. The Hall–Kier alpha value is -1.71. The number of rotatable bonds is 5. The number of halogens is 1. The lowest BCUT2D eigenvalue weighted by molar-refractivity contribution is 0.354. The molecular weight excluding hydrogens is 310 g/mol. The van der Waals surface area contributed by atoms with Gasteiger partial charge in [-0.2, -0.15) is 0 Å². The number of fused-ring (bicyclic) bond motifs is 1. The van der Waals surface area contributed by atoms with Crippen molar-refractivity contribution in [3.05, 3.63) is 58.1 Å². The quantitative estimate of drug-likeness (QED) is 0.873. The number of benzene rings is 2. The van der Waals surface area contributed by atoms with E-state index in [0.717, 1.165) is 18.5 Å². The van der Waals surface area contributed by atoms with Crippen LogP contribution in [0.1, 0.15) is 35.6 Å². The number of nitrogens with one attached hydrogen (secondary N) is 1. The van der Waals surface area contributed by atoms with Crippen LogP contribution in [0.25, 0.3) is 0 Å². The van der Waals surface area contributed by atoms with Crippen molar-refractivity contribution in [2.24, 2.45) is 0 Å². The van der Waals surface area contributed by atoms with Crippen molar-refractivity contribution in [1.29, 1.82) is 0 Å². The highest BCUT2D eigenvalue weighted by Crippen LogP contribution is 2.36. The van der Waals surface area contributed by atoms with Gasteiger partial charge in [-0.05, 0) is 48.1 Å². The molecule has 0 unspecified atom stereocenters. The van der Waals surface area contributed by atoms with Gasteiger partial charge in [-0.15, -0.1) is 0 Å². The maximum atomic E-state index is 6.28. The van der Waals surface area contributed by atoms with E-state index >= 15 is 0 Å². The molecule has 0 bridgehead atoms. The largest absolute Gasteiger partial charge is 0.493 e. The summed E-state index contributed by atoms with van der Waals surface area (Å²) < 4.78 is 10.7. The molecule has 23 heavy (non-hydrogen) atoms. The van der Waals surface area contributed by atoms with Crippen molar-refractivity contribution < 1.29 is 9.47 Å². The standard InChI is InChI=1S/C19H22ClNO2/c1-22-18-11-13(10-16(20)19(18)23-2)12-21-17-9-5-7-14-6-3-4-8-15(14)17/h3-4,6,8,10-11,17,21H,5,7,9,12H2,1-2H3/t17-/m0/s1. The summed E-state index contributed by atoms with van der Waals surface area (Å²) in [6.07, 6.45) is 3.57. The molecule has 0 heterocycles. The smallest absolute Gasteiger partial charge is 0.179 e. The molecule has 0 saturated carbocycles. The van der Waals surface area contributed by atoms with Crippen molar-refractivity contribution in [1.82, 2.24) is 5.32 Å². The number of ether oxygens (including phenoxy) is 2. The first-order valence-corrected chi connectivity index (χ1v) is 8.32. The first-order chi connectivity index (χ1) is 11.2. The van der Waals surface area contributed by atoms with Crippen LogP contribution in [0.4, 0.5) is 0 Å². The Morgan fingerprint density at radius 2 is 2.00 bits per heavy atom. The first kappa shape index (κ1) is 16.2. The molecule has 0 amide bonds. The molecule has 1 aliphatic carbocycles. The Balaban J connectivity index is 1.76. The van der Waals surface area contributed by atoms with Crippen LogP contribution < -0.4 is 14.8 Å². The van der Waals surface area contributed by atoms with Crippen molar-refractivity contribution >= 4 is 11.6 Å². The molecule has 0 aliphatic heterocycles. The van der Waals surface area contributed by atoms with Gasteiger partial charge < -0.3 is 14.8 Å². The van der Waals surface area contributed by atoms with Gasteiger partial charge >= 0.3 is 0 Å². The molecule has 3 nitrogen and oxygen atoms in total. The van der Waals surface area contributed by atoms with Crippen LogP contribution in [-0.2, 0) is 13.0 Å². The van der Waals surface area contributed by atoms with E-state index in [1.807, 2.05) is 12.1 Å². The van der Waals surface area contributed by atoms with Crippen LogP contribution in [0.5, 0.6) is 11.5 Å². The minimum absolute atomic E-state index is 0.395. The predicted octanol–water partition coefficient (Wildman–Crippen LogP) is 4.52. The fourth-order valence-electron chi connectivity index (χ4n) is 3.28. The van der Waals surface area contributed by atoms with E-state index in [2.05, 4.69) is 29.6 Å². The minimum atomic E-state index is 0.395. The highest BCUT2D eigenvalue weighted by atomic mass is 35.5. The average Bonchev–Trinajstić information content (AvgIpc) is 2.59. The number of hydrogen-bond donors (Lipinski definition) is 1. The summed E-state index contributed by atoms with van der Waals surface area (Å²) in [5.41, 5.74) is 3.97. The van der Waals surface area contributed by atoms with Gasteiger partial charge in [-0.3, -0.25) is 0 Å². The molecule has 3 rings (SSSR count). The molecule has 2 aromatic rings. The summed E-state index contributed by atoms with van der Waals surface area (Å²) in [6, 6.07) is 13.0. The molecule has 1 N–H and O–H groups in total. The van der Waals surface area contributed by atoms with E-state index in [-0.39, 0.29) is 0 Å². The zero-order valence-electron chi connectivity index (χ0n) is 13.6. The van der Waals surface area contributed by atoms with Gasteiger partial charge in [0.1, 0.15) is 0 Å². The van der Waals surface area contributed by atoms with Gasteiger partial charge in [0.05, 0.1) is 19.2 Å². The van der Waals surface area contributed by atoms with Crippen molar-refractivity contribution in [2.75, 3.05) is 14.2 Å². The van der Waals surface area contributed by atoms with Crippen LogP contribution >= 0.6 is 11.6 Å². The van der Waals surface area contributed by atoms with Gasteiger partial charge in [-0.25, -0.2) is 0 Å². The maximum Gasteiger partial charge on any atom is 0.179 e. The van der Waals surface area contributed by atoms with Crippen molar-refractivity contribution in [3.8, 4) is 11.5 Å². The van der Waals surface area contributed by atoms with Crippen LogP contribution in [0.2, 0.25) is 5.02 Å². The highest BCUT2D eigenvalue weighted by Gasteiger charge is 2.19. The minimum Gasteiger partial charge on any atom is -0.493 e. The van der Waals surface area contributed by atoms with Crippen LogP contribution in [0.3, 0.4) is 0 Å². The van der Waals surface area contributed by atoms with E-state index < -0.39 is 0 Å². The zero-order chi connectivity index (χ0) is 16.2. The highest BCUT2D eigenvalue weighted by molar-refractivity contribution is 6.32. The molecule has 122 valence electrons. The molecule has 0 aromatic heterocycles. The third-order valence-corrected chi connectivity index (χ3v) is 4.70. The molecule has 0 saturated heterocycles. The molecule has 2 aromatic carbocycles. The van der Waals surface area contributed by atoms with Gasteiger partial charge in [0.15, 0.2) is 11.5 Å². The fraction of sp³-hybridized carbons (Fsp3) is 0.368. The second kappa shape index (κ2) is 7.24. The van der Waals surface area contributed by atoms with E-state index in [1.165, 1.54) is 24.0 Å². The Morgan fingerprint density at radius 3 is 2.78 bits per heavy atom. The van der Waals surface area contributed by atoms with E-state index in [0.29, 0.717) is 22.6 Å². The first-order valence-electron chi connectivity index (χ1n) is 7.94. The SMILES string of the molecule is COc1cc(CN[C@H]2CCCc3ccccc32)cc(Cl)c1OC. The summed E-state index contributed by atoms with van der Waals surface area (Å²) >= 11 is 6.28. The lowest BCUT2D eigenvalue weighted by Gasteiger charge is -2.26. The van der Waals surface area contributed by atoms with Crippen LogP contribution in [0.15, 0.2) is 36.4 Å². The van der Waals surface area contributed by atoms with Gasteiger partial charge in [-0.1, -0.05) is 35.9 Å². The van der Waals surface area contributed by atoms with E-state index in [1.54, 1.807) is 14.2 Å². The molecule has 0 radical (unpaired) electrons. The van der Waals surface area contributed by atoms with Gasteiger partial charge in [0, 0.05) is 12.6 Å². The molecule has 0 fully saturated rings. The fourth-order valence-corrected chi connectivity index (χ4v) is 3.59. The Bertz CT molecular complexity index is 687. The predicted molar refractivity (Wildman–Crippen MR) is 93.5 cm³/mol. The molecule has 0 spiro atoms. The van der Waals surface area contributed by atoms with Crippen molar-refractivity contribution in [2.45, 2.75) is 31.8 Å². The van der Waals surface area contributed by atoms with Gasteiger partial charge in [0.2, 0.25) is 0 Å². The number of aryl methyl sites for hydroxylation is 1. The Morgan fingerprint density at radius 1 is 1.17 bits per heavy atom. The number of methoxy groups -OCH3 is 2. The number of hydrogen-bond acceptors (Lipinski definition) is 3. The Labute approximate surface area is 142 Å². The lowest BCUT2D eigenvalue weighted by atomic mass is 9.87. The molecular formula is C19H22ClNO2. The Kier molecular flexibility index (Phi) is 5.09. The third kappa shape index (κ3) is 3.46. The summed E-state index contributed by atoms with van der Waals surface area (Å²) in [5.74, 6) is 1.25. The third-order valence-electron chi connectivity index (χ3n) is 4.42. The average molecular weight is 332 g/mol. The summed E-state index contributed by atoms with van der Waals surface area (Å²) in [5, 5.41) is 4.23. The summed E-state index contributed by atoms with van der Waals surface area (Å²) in [7, 11) is 3.23. The topological polar surface area (TPSA) is 30.5 Å². The van der Waals surface area contributed by atoms with E-state index in [4.69, 9.17) is 21.1 Å². The van der Waals surface area contributed by atoms with Crippen LogP contribution in [0, 0.1) is 0 Å². The zero-order valence-corrected chi connectivity index (χ0v) is 14.3. The second-order valence-corrected chi connectivity index (χ2v) is 6.24.